The maximum Gasteiger partial charge on any atom is 0.336 e. The maximum atomic E-state index is 12.8. The first kappa shape index (κ1) is 15.2. The van der Waals surface area contributed by atoms with Crippen LogP contribution in [0.4, 0.5) is 0 Å². The molecule has 0 radical (unpaired) electrons. The van der Waals surface area contributed by atoms with Gasteiger partial charge in [-0.3, -0.25) is 0 Å². The average molecular weight is 321 g/mol. The van der Waals surface area contributed by atoms with Gasteiger partial charge in [0.1, 0.15) is 5.58 Å². The molecule has 2 aromatic rings. The highest BCUT2D eigenvalue weighted by Crippen LogP contribution is 2.27. The van der Waals surface area contributed by atoms with Crippen LogP contribution in [0.3, 0.4) is 0 Å². The Bertz CT molecular complexity index is 846. The number of hydrogen-bond acceptors (Lipinski definition) is 4. The highest BCUT2D eigenvalue weighted by atomic mass is 32.2. The third-order valence-electron chi connectivity index (χ3n) is 4.06. The molecular formula is C16H19NO4S. The van der Waals surface area contributed by atoms with Crippen molar-refractivity contribution in [1.29, 1.82) is 0 Å². The lowest BCUT2D eigenvalue weighted by Gasteiger charge is -2.34. The van der Waals surface area contributed by atoms with E-state index in [1.807, 2.05) is 0 Å². The van der Waals surface area contributed by atoms with E-state index in [9.17, 15) is 13.2 Å². The summed E-state index contributed by atoms with van der Waals surface area (Å²) in [5.74, 6) is 0.717. The first-order valence-corrected chi connectivity index (χ1v) is 8.84. The largest absolute Gasteiger partial charge is 0.423 e. The molecule has 0 aliphatic carbocycles. The molecule has 1 aromatic carbocycles. The van der Waals surface area contributed by atoms with Crippen LogP contribution in [0.2, 0.25) is 0 Å². The Morgan fingerprint density at radius 3 is 2.45 bits per heavy atom. The predicted octanol–water partition coefficient (Wildman–Crippen LogP) is 2.46. The summed E-state index contributed by atoms with van der Waals surface area (Å²) in [4.78, 5) is 11.4. The quantitative estimate of drug-likeness (QED) is 0.797. The van der Waals surface area contributed by atoms with Crippen LogP contribution in [0, 0.1) is 11.8 Å². The van der Waals surface area contributed by atoms with Crippen molar-refractivity contribution >= 4 is 21.0 Å². The Morgan fingerprint density at radius 2 is 1.77 bits per heavy atom. The molecular weight excluding hydrogens is 302 g/mol. The summed E-state index contributed by atoms with van der Waals surface area (Å²) >= 11 is 0. The van der Waals surface area contributed by atoms with Crippen molar-refractivity contribution in [3.63, 3.8) is 0 Å². The summed E-state index contributed by atoms with van der Waals surface area (Å²) in [6, 6.07) is 7.49. The van der Waals surface area contributed by atoms with Crippen LogP contribution >= 0.6 is 0 Å². The van der Waals surface area contributed by atoms with Gasteiger partial charge in [-0.2, -0.15) is 4.31 Å². The molecule has 0 unspecified atom stereocenters. The van der Waals surface area contributed by atoms with Crippen LogP contribution in [-0.4, -0.2) is 25.8 Å². The van der Waals surface area contributed by atoms with Crippen LogP contribution in [-0.2, 0) is 10.0 Å². The molecule has 6 heteroatoms. The third kappa shape index (κ3) is 2.80. The van der Waals surface area contributed by atoms with Gasteiger partial charge in [0.05, 0.1) is 4.90 Å². The summed E-state index contributed by atoms with van der Waals surface area (Å²) in [5, 5.41) is 0.610. The fourth-order valence-corrected chi connectivity index (χ4v) is 4.88. The summed E-state index contributed by atoms with van der Waals surface area (Å²) in [5.41, 5.74) is -0.0476. The zero-order valence-corrected chi connectivity index (χ0v) is 13.5. The smallest absolute Gasteiger partial charge is 0.336 e. The minimum Gasteiger partial charge on any atom is -0.423 e. The van der Waals surface area contributed by atoms with Gasteiger partial charge < -0.3 is 4.42 Å². The first-order valence-electron chi connectivity index (χ1n) is 7.40. The van der Waals surface area contributed by atoms with Gasteiger partial charge in [0.2, 0.25) is 10.0 Å². The standard InChI is InChI=1S/C16H19NO4S/c1-11-7-12(2)10-17(9-11)22(19,20)14-4-5-15-13(8-14)3-6-16(18)21-15/h3-6,8,11-12H,7,9-10H2,1-2H3/t11-,12+. The Morgan fingerprint density at radius 1 is 1.09 bits per heavy atom. The van der Waals surface area contributed by atoms with E-state index in [4.69, 9.17) is 4.42 Å². The van der Waals surface area contributed by atoms with Crippen LogP contribution in [0.5, 0.6) is 0 Å². The molecule has 0 spiro atoms. The first-order chi connectivity index (χ1) is 10.4. The fourth-order valence-electron chi connectivity index (χ4n) is 3.16. The molecule has 0 N–H and O–H groups in total. The third-order valence-corrected chi connectivity index (χ3v) is 5.89. The molecule has 0 amide bonds. The second-order valence-corrected chi connectivity index (χ2v) is 8.16. The molecule has 2 heterocycles. The van der Waals surface area contributed by atoms with Crippen molar-refractivity contribution in [2.24, 2.45) is 11.8 Å². The minimum absolute atomic E-state index is 0.246. The minimum atomic E-state index is -3.52. The van der Waals surface area contributed by atoms with Crippen molar-refractivity contribution < 1.29 is 12.8 Å². The predicted molar refractivity (Wildman–Crippen MR) is 84.2 cm³/mol. The van der Waals surface area contributed by atoms with Crippen LogP contribution in [0.1, 0.15) is 20.3 Å². The van der Waals surface area contributed by atoms with Gasteiger partial charge >= 0.3 is 5.63 Å². The molecule has 118 valence electrons. The number of rotatable bonds is 2. The van der Waals surface area contributed by atoms with Crippen molar-refractivity contribution in [2.75, 3.05) is 13.1 Å². The summed E-state index contributed by atoms with van der Waals surface area (Å²) in [6.07, 6.45) is 1.05. The highest BCUT2D eigenvalue weighted by Gasteiger charge is 2.31. The molecule has 2 atom stereocenters. The Labute approximate surface area is 129 Å². The van der Waals surface area contributed by atoms with E-state index in [1.165, 1.54) is 12.1 Å². The number of fused-ring (bicyclic) bond motifs is 1. The second kappa shape index (κ2) is 5.52. The van der Waals surface area contributed by atoms with E-state index >= 15 is 0 Å². The number of hydrogen-bond donors (Lipinski definition) is 0. The number of benzene rings is 1. The van der Waals surface area contributed by atoms with Gasteiger partial charge in [0.15, 0.2) is 0 Å². The van der Waals surface area contributed by atoms with Crippen molar-refractivity contribution in [3.8, 4) is 0 Å². The summed E-state index contributed by atoms with van der Waals surface area (Å²) in [7, 11) is -3.52. The van der Waals surface area contributed by atoms with Gasteiger partial charge in [-0.15, -0.1) is 0 Å². The summed E-state index contributed by atoms with van der Waals surface area (Å²) in [6.45, 7) is 5.25. The molecule has 1 fully saturated rings. The SMILES string of the molecule is C[C@@H]1C[C@H](C)CN(S(=O)(=O)c2ccc3oc(=O)ccc3c2)C1. The van der Waals surface area contributed by atoms with E-state index < -0.39 is 15.6 Å². The van der Waals surface area contributed by atoms with E-state index in [0.717, 1.165) is 6.42 Å². The molecule has 0 bridgehead atoms. The van der Waals surface area contributed by atoms with Crippen LogP contribution in [0.25, 0.3) is 11.0 Å². The molecule has 1 aliphatic rings. The molecule has 0 saturated carbocycles. The fraction of sp³-hybridized carbons (Fsp3) is 0.438. The topological polar surface area (TPSA) is 67.6 Å². The normalized spacial score (nSPS) is 23.7. The van der Waals surface area contributed by atoms with Gasteiger partial charge in [-0.05, 0) is 42.5 Å². The second-order valence-electron chi connectivity index (χ2n) is 6.22. The van der Waals surface area contributed by atoms with Gasteiger partial charge in [0.25, 0.3) is 0 Å². The van der Waals surface area contributed by atoms with Crippen molar-refractivity contribution in [1.82, 2.24) is 4.31 Å². The monoisotopic (exact) mass is 321 g/mol. The van der Waals surface area contributed by atoms with Gasteiger partial charge in [-0.25, -0.2) is 13.2 Å². The van der Waals surface area contributed by atoms with Crippen LogP contribution < -0.4 is 5.63 Å². The van der Waals surface area contributed by atoms with Gasteiger partial charge in [-0.1, -0.05) is 13.8 Å². The molecule has 5 nitrogen and oxygen atoms in total. The van der Waals surface area contributed by atoms with Crippen molar-refractivity contribution in [2.45, 2.75) is 25.2 Å². The maximum absolute atomic E-state index is 12.8. The molecule has 3 rings (SSSR count). The van der Waals surface area contributed by atoms with E-state index in [2.05, 4.69) is 13.8 Å². The lowest BCUT2D eigenvalue weighted by atomic mass is 9.94. The molecule has 1 saturated heterocycles. The number of sulfonamides is 1. The lowest BCUT2D eigenvalue weighted by molar-refractivity contribution is 0.222. The highest BCUT2D eigenvalue weighted by molar-refractivity contribution is 7.89. The number of nitrogens with zero attached hydrogens (tertiary/aromatic N) is 1. The lowest BCUT2D eigenvalue weighted by Crippen LogP contribution is -2.42. The summed E-state index contributed by atoms with van der Waals surface area (Å²) < 4.78 is 32.3. The molecule has 1 aliphatic heterocycles. The van der Waals surface area contributed by atoms with E-state index in [1.54, 1.807) is 22.5 Å². The molecule has 1 aromatic heterocycles. The number of piperidine rings is 1. The van der Waals surface area contributed by atoms with Crippen LogP contribution in [0.15, 0.2) is 44.4 Å². The molecule has 22 heavy (non-hydrogen) atoms. The Kier molecular flexibility index (Phi) is 3.82. The van der Waals surface area contributed by atoms with Crippen molar-refractivity contribution in [3.05, 3.63) is 40.8 Å². The average Bonchev–Trinajstić information content (AvgIpc) is 2.45. The zero-order valence-electron chi connectivity index (χ0n) is 12.7. The van der Waals surface area contributed by atoms with E-state index in [0.29, 0.717) is 35.9 Å². The van der Waals surface area contributed by atoms with Gasteiger partial charge in [0, 0.05) is 24.5 Å². The Hall–Kier alpha value is -1.66. The zero-order chi connectivity index (χ0) is 15.9. The van der Waals surface area contributed by atoms with E-state index in [-0.39, 0.29) is 4.90 Å². The Balaban J connectivity index is 2.01.